The van der Waals surface area contributed by atoms with E-state index >= 15 is 0 Å². The minimum Gasteiger partial charge on any atom is -0.497 e. The number of carbonyl (C=O) groups excluding carboxylic acids is 1. The molecule has 0 radical (unpaired) electrons. The molecule has 0 spiro atoms. The first kappa shape index (κ1) is 19.2. The van der Waals surface area contributed by atoms with Crippen LogP contribution in [0.4, 0.5) is 0 Å². The SMILES string of the molecule is COc1cccc(CNC(=O)c2ccc(C[S@@](=O)c3ccc(Cl)cc3)o2)c1. The normalized spacial score (nSPS) is 11.8. The van der Waals surface area contributed by atoms with Gasteiger partial charge in [-0.3, -0.25) is 9.00 Å². The average molecular weight is 404 g/mol. The Bertz CT molecular complexity index is 953. The molecule has 1 amide bonds. The summed E-state index contributed by atoms with van der Waals surface area (Å²) in [4.78, 5) is 12.9. The maximum Gasteiger partial charge on any atom is 0.287 e. The van der Waals surface area contributed by atoms with Crippen LogP contribution in [0.25, 0.3) is 0 Å². The molecular formula is C20H18ClNO4S. The molecule has 0 aliphatic rings. The number of methoxy groups -OCH3 is 1. The molecule has 1 N–H and O–H groups in total. The highest BCUT2D eigenvalue weighted by Crippen LogP contribution is 2.18. The van der Waals surface area contributed by atoms with Gasteiger partial charge in [-0.05, 0) is 54.1 Å². The summed E-state index contributed by atoms with van der Waals surface area (Å²) in [5.41, 5.74) is 0.915. The van der Waals surface area contributed by atoms with E-state index in [1.165, 1.54) is 0 Å². The lowest BCUT2D eigenvalue weighted by molar-refractivity contribution is 0.0921. The monoisotopic (exact) mass is 403 g/mol. The van der Waals surface area contributed by atoms with Crippen molar-refractivity contribution in [3.8, 4) is 5.75 Å². The quantitative estimate of drug-likeness (QED) is 0.642. The van der Waals surface area contributed by atoms with Gasteiger partial charge in [0.25, 0.3) is 5.91 Å². The number of furan rings is 1. The largest absolute Gasteiger partial charge is 0.497 e. The van der Waals surface area contributed by atoms with Crippen LogP contribution in [0.1, 0.15) is 21.9 Å². The summed E-state index contributed by atoms with van der Waals surface area (Å²) in [6, 6.07) is 17.5. The Morgan fingerprint density at radius 2 is 1.93 bits per heavy atom. The minimum absolute atomic E-state index is 0.181. The van der Waals surface area contributed by atoms with Gasteiger partial charge in [-0.25, -0.2) is 0 Å². The Hall–Kier alpha value is -2.57. The molecular weight excluding hydrogens is 386 g/mol. The van der Waals surface area contributed by atoms with Gasteiger partial charge in [-0.15, -0.1) is 0 Å². The van der Waals surface area contributed by atoms with Crippen molar-refractivity contribution in [2.75, 3.05) is 7.11 Å². The smallest absolute Gasteiger partial charge is 0.287 e. The van der Waals surface area contributed by atoms with Crippen LogP contribution in [-0.2, 0) is 23.1 Å². The predicted molar refractivity (Wildman–Crippen MR) is 104 cm³/mol. The highest BCUT2D eigenvalue weighted by atomic mass is 35.5. The molecule has 7 heteroatoms. The van der Waals surface area contributed by atoms with Crippen LogP contribution in [0.2, 0.25) is 5.02 Å². The molecule has 2 aromatic carbocycles. The summed E-state index contributed by atoms with van der Waals surface area (Å²) >= 11 is 5.84. The maximum absolute atomic E-state index is 12.4. The van der Waals surface area contributed by atoms with Crippen molar-refractivity contribution in [2.24, 2.45) is 0 Å². The molecule has 27 heavy (non-hydrogen) atoms. The van der Waals surface area contributed by atoms with Crippen LogP contribution in [0.15, 0.2) is 70.0 Å². The number of ether oxygens (including phenoxy) is 1. The van der Waals surface area contributed by atoms with E-state index in [2.05, 4.69) is 5.32 Å². The fourth-order valence-corrected chi connectivity index (χ4v) is 3.57. The van der Waals surface area contributed by atoms with Crippen LogP contribution in [0, 0.1) is 0 Å². The van der Waals surface area contributed by atoms with E-state index < -0.39 is 10.8 Å². The van der Waals surface area contributed by atoms with Gasteiger partial charge in [-0.2, -0.15) is 0 Å². The molecule has 0 fully saturated rings. The zero-order chi connectivity index (χ0) is 19.2. The van der Waals surface area contributed by atoms with Crippen molar-refractivity contribution in [1.82, 2.24) is 5.32 Å². The van der Waals surface area contributed by atoms with Gasteiger partial charge in [0.2, 0.25) is 0 Å². The first-order valence-corrected chi connectivity index (χ1v) is 9.88. The highest BCUT2D eigenvalue weighted by molar-refractivity contribution is 7.84. The second-order valence-electron chi connectivity index (χ2n) is 5.74. The summed E-state index contributed by atoms with van der Waals surface area (Å²) in [5.74, 6) is 1.24. The number of hydrogen-bond acceptors (Lipinski definition) is 4. The van der Waals surface area contributed by atoms with Crippen LogP contribution in [-0.4, -0.2) is 17.2 Å². The van der Waals surface area contributed by atoms with Gasteiger partial charge < -0.3 is 14.5 Å². The summed E-state index contributed by atoms with van der Waals surface area (Å²) in [5, 5.41) is 3.38. The van der Waals surface area contributed by atoms with Crippen LogP contribution in [0.5, 0.6) is 5.75 Å². The summed E-state index contributed by atoms with van der Waals surface area (Å²) in [6.07, 6.45) is 0. The van der Waals surface area contributed by atoms with Crippen molar-refractivity contribution in [1.29, 1.82) is 0 Å². The van der Waals surface area contributed by atoms with E-state index in [0.29, 0.717) is 22.2 Å². The molecule has 0 saturated carbocycles. The summed E-state index contributed by atoms with van der Waals surface area (Å²) < 4.78 is 23.1. The Morgan fingerprint density at radius 3 is 2.67 bits per heavy atom. The third kappa shape index (κ3) is 5.21. The Balaban J connectivity index is 1.58. The molecule has 0 bridgehead atoms. The number of rotatable bonds is 7. The van der Waals surface area contributed by atoms with E-state index in [1.807, 2.05) is 24.3 Å². The first-order valence-electron chi connectivity index (χ1n) is 8.19. The summed E-state index contributed by atoms with van der Waals surface area (Å²) in [7, 11) is 0.316. The molecule has 5 nitrogen and oxygen atoms in total. The highest BCUT2D eigenvalue weighted by Gasteiger charge is 2.13. The number of carbonyl (C=O) groups is 1. The summed E-state index contributed by atoms with van der Waals surface area (Å²) in [6.45, 7) is 0.350. The molecule has 0 unspecified atom stereocenters. The second-order valence-corrected chi connectivity index (χ2v) is 7.63. The molecule has 0 aliphatic carbocycles. The van der Waals surface area contributed by atoms with Crippen molar-refractivity contribution in [3.05, 3.63) is 82.8 Å². The van der Waals surface area contributed by atoms with Crippen molar-refractivity contribution in [2.45, 2.75) is 17.2 Å². The number of halogens is 1. The number of nitrogens with one attached hydrogen (secondary N) is 1. The fraction of sp³-hybridized carbons (Fsp3) is 0.150. The third-order valence-electron chi connectivity index (χ3n) is 3.82. The van der Waals surface area contributed by atoms with Gasteiger partial charge in [0.1, 0.15) is 11.5 Å². The van der Waals surface area contributed by atoms with Gasteiger partial charge in [0.15, 0.2) is 5.76 Å². The van der Waals surface area contributed by atoms with Crippen LogP contribution >= 0.6 is 11.6 Å². The Labute approximate surface area is 164 Å². The van der Waals surface area contributed by atoms with Crippen molar-refractivity contribution in [3.63, 3.8) is 0 Å². The number of amides is 1. The van der Waals surface area contributed by atoms with E-state index in [9.17, 15) is 9.00 Å². The average Bonchev–Trinajstić information content (AvgIpc) is 3.15. The Morgan fingerprint density at radius 1 is 1.15 bits per heavy atom. The number of benzene rings is 2. The van der Waals surface area contributed by atoms with Gasteiger partial charge in [0.05, 0.1) is 23.7 Å². The zero-order valence-corrected chi connectivity index (χ0v) is 16.2. The molecule has 0 saturated heterocycles. The molecule has 3 rings (SSSR count). The van der Waals surface area contributed by atoms with Gasteiger partial charge in [0, 0.05) is 16.5 Å². The number of hydrogen-bond donors (Lipinski definition) is 1. The van der Waals surface area contributed by atoms with E-state index in [-0.39, 0.29) is 17.4 Å². The van der Waals surface area contributed by atoms with E-state index in [4.69, 9.17) is 20.8 Å². The molecule has 0 aliphatic heterocycles. The maximum atomic E-state index is 12.4. The third-order valence-corrected chi connectivity index (χ3v) is 5.42. The first-order chi connectivity index (χ1) is 13.0. The molecule has 1 atom stereocenters. The van der Waals surface area contributed by atoms with Crippen molar-refractivity contribution < 1.29 is 18.2 Å². The van der Waals surface area contributed by atoms with Crippen LogP contribution < -0.4 is 10.1 Å². The minimum atomic E-state index is -1.28. The van der Waals surface area contributed by atoms with Crippen LogP contribution in [0.3, 0.4) is 0 Å². The Kier molecular flexibility index (Phi) is 6.32. The molecule has 1 aromatic heterocycles. The van der Waals surface area contributed by atoms with E-state index in [0.717, 1.165) is 11.3 Å². The lowest BCUT2D eigenvalue weighted by Crippen LogP contribution is -2.22. The van der Waals surface area contributed by atoms with E-state index in [1.54, 1.807) is 43.5 Å². The lowest BCUT2D eigenvalue weighted by atomic mass is 10.2. The standard InChI is InChI=1S/C20H18ClNO4S/c1-25-16-4-2-3-14(11-16)12-22-20(23)19-10-7-17(26-19)13-27(24)18-8-5-15(21)6-9-18/h2-11H,12-13H2,1H3,(H,22,23)/t27-/m1/s1. The molecule has 140 valence electrons. The zero-order valence-electron chi connectivity index (χ0n) is 14.6. The molecule has 3 aromatic rings. The topological polar surface area (TPSA) is 68.5 Å². The van der Waals surface area contributed by atoms with Crippen molar-refractivity contribution >= 4 is 28.3 Å². The van der Waals surface area contributed by atoms with Gasteiger partial charge in [-0.1, -0.05) is 23.7 Å². The predicted octanol–water partition coefficient (Wildman–Crippen LogP) is 4.18. The fourth-order valence-electron chi connectivity index (χ4n) is 2.43. The molecule has 1 heterocycles. The lowest BCUT2D eigenvalue weighted by Gasteiger charge is -2.05. The second kappa shape index (κ2) is 8.88. The van der Waals surface area contributed by atoms with Gasteiger partial charge >= 0.3 is 0 Å².